The Kier molecular flexibility index (Phi) is 5.69. The highest BCUT2D eigenvalue weighted by molar-refractivity contribution is 7.92. The molecule has 1 aliphatic rings. The Hall–Kier alpha value is -2.23. The molecule has 1 fully saturated rings. The summed E-state index contributed by atoms with van der Waals surface area (Å²) in [5.41, 5.74) is 1.93. The highest BCUT2D eigenvalue weighted by atomic mass is 35.5. The van der Waals surface area contributed by atoms with Crippen LogP contribution in [0.5, 0.6) is 0 Å². The van der Waals surface area contributed by atoms with E-state index < -0.39 is 27.3 Å². The van der Waals surface area contributed by atoms with E-state index in [2.05, 4.69) is 4.90 Å². The quantitative estimate of drug-likeness (QED) is 0.549. The molecular formula is C20H19ClFN3O3S2. The smallest absolute Gasteiger partial charge is 0.238 e. The van der Waals surface area contributed by atoms with Crippen LogP contribution in [0.4, 0.5) is 9.52 Å². The van der Waals surface area contributed by atoms with Crippen LogP contribution in [-0.2, 0) is 14.6 Å². The van der Waals surface area contributed by atoms with E-state index in [9.17, 15) is 17.6 Å². The van der Waals surface area contributed by atoms with Crippen molar-refractivity contribution in [2.24, 2.45) is 0 Å². The van der Waals surface area contributed by atoms with Gasteiger partial charge in [-0.25, -0.2) is 17.8 Å². The summed E-state index contributed by atoms with van der Waals surface area (Å²) in [7, 11) is -3.81. The fraction of sp³-hybridized carbons (Fsp3) is 0.300. The maximum atomic E-state index is 13.0. The maximum Gasteiger partial charge on any atom is 0.238 e. The summed E-state index contributed by atoms with van der Waals surface area (Å²) in [5.74, 6) is -1.61. The van der Waals surface area contributed by atoms with Gasteiger partial charge < -0.3 is 9.80 Å². The van der Waals surface area contributed by atoms with Crippen molar-refractivity contribution in [2.45, 2.75) is 11.8 Å². The van der Waals surface area contributed by atoms with Crippen molar-refractivity contribution in [2.75, 3.05) is 36.8 Å². The van der Waals surface area contributed by atoms with Crippen LogP contribution in [-0.4, -0.2) is 56.1 Å². The Labute approximate surface area is 182 Å². The number of anilines is 1. The van der Waals surface area contributed by atoms with Crippen LogP contribution in [0.15, 0.2) is 41.3 Å². The molecule has 0 atom stereocenters. The number of amides is 1. The van der Waals surface area contributed by atoms with Crippen molar-refractivity contribution in [1.29, 1.82) is 0 Å². The lowest BCUT2D eigenvalue weighted by molar-refractivity contribution is -0.128. The number of thiazole rings is 1. The van der Waals surface area contributed by atoms with Crippen LogP contribution in [0, 0.1) is 12.7 Å². The standard InChI is InChI=1S/C20H19ClFN3O3S2/c1-13-2-7-16(21)19-18(13)23-20(29-19)25-10-8-24(9-11-25)17(26)12-30(27,28)15-5-3-14(22)4-6-15/h2-7H,8-12H2,1H3. The van der Waals surface area contributed by atoms with Crippen molar-refractivity contribution in [3.63, 3.8) is 0 Å². The summed E-state index contributed by atoms with van der Waals surface area (Å²) in [5, 5.41) is 1.51. The van der Waals surface area contributed by atoms with Gasteiger partial charge in [0.15, 0.2) is 15.0 Å². The topological polar surface area (TPSA) is 70.6 Å². The van der Waals surface area contributed by atoms with Crippen LogP contribution < -0.4 is 4.90 Å². The van der Waals surface area contributed by atoms with E-state index in [1.807, 2.05) is 19.1 Å². The molecule has 30 heavy (non-hydrogen) atoms. The SMILES string of the molecule is Cc1ccc(Cl)c2sc(N3CCN(C(=O)CS(=O)(=O)c4ccc(F)cc4)CC3)nc12. The summed E-state index contributed by atoms with van der Waals surface area (Å²) in [6, 6.07) is 8.29. The minimum Gasteiger partial charge on any atom is -0.345 e. The van der Waals surface area contributed by atoms with E-state index >= 15 is 0 Å². The zero-order valence-corrected chi connectivity index (χ0v) is 18.5. The third kappa shape index (κ3) is 4.14. The van der Waals surface area contributed by atoms with E-state index in [-0.39, 0.29) is 4.90 Å². The Bertz CT molecular complexity index is 1170. The molecule has 1 aliphatic heterocycles. The molecule has 0 radical (unpaired) electrons. The van der Waals surface area contributed by atoms with Gasteiger partial charge in [0.2, 0.25) is 5.91 Å². The van der Waals surface area contributed by atoms with Gasteiger partial charge in [0.25, 0.3) is 0 Å². The van der Waals surface area contributed by atoms with Gasteiger partial charge in [-0.2, -0.15) is 0 Å². The summed E-state index contributed by atoms with van der Waals surface area (Å²) in [6.07, 6.45) is 0. The molecule has 6 nitrogen and oxygen atoms in total. The molecule has 2 aromatic carbocycles. The molecule has 1 amide bonds. The monoisotopic (exact) mass is 467 g/mol. The Morgan fingerprint density at radius 3 is 2.43 bits per heavy atom. The normalized spacial score (nSPS) is 15.0. The summed E-state index contributed by atoms with van der Waals surface area (Å²) < 4.78 is 38.9. The first-order valence-electron chi connectivity index (χ1n) is 9.31. The first-order chi connectivity index (χ1) is 14.2. The van der Waals surface area contributed by atoms with Crippen molar-refractivity contribution in [3.8, 4) is 0 Å². The number of sulfone groups is 1. The highest BCUT2D eigenvalue weighted by Crippen LogP contribution is 2.35. The fourth-order valence-corrected chi connectivity index (χ4v) is 5.95. The summed E-state index contributed by atoms with van der Waals surface area (Å²) >= 11 is 7.80. The molecule has 0 aliphatic carbocycles. The number of carbonyl (C=O) groups excluding carboxylic acids is 1. The number of nitrogens with zero attached hydrogens (tertiary/aromatic N) is 3. The molecular weight excluding hydrogens is 449 g/mol. The Balaban J connectivity index is 1.42. The molecule has 0 bridgehead atoms. The lowest BCUT2D eigenvalue weighted by Gasteiger charge is -2.34. The average Bonchev–Trinajstić information content (AvgIpc) is 3.18. The lowest BCUT2D eigenvalue weighted by Crippen LogP contribution is -2.50. The van der Waals surface area contributed by atoms with E-state index in [0.29, 0.717) is 31.2 Å². The molecule has 1 saturated heterocycles. The number of halogens is 2. The maximum absolute atomic E-state index is 13.0. The fourth-order valence-electron chi connectivity index (χ4n) is 3.35. The van der Waals surface area contributed by atoms with Crippen LogP contribution in [0.2, 0.25) is 5.02 Å². The van der Waals surface area contributed by atoms with Crippen molar-refractivity contribution in [3.05, 3.63) is 52.8 Å². The largest absolute Gasteiger partial charge is 0.345 e. The number of hydrogen-bond acceptors (Lipinski definition) is 6. The zero-order valence-electron chi connectivity index (χ0n) is 16.1. The molecule has 4 rings (SSSR count). The molecule has 0 spiro atoms. The van der Waals surface area contributed by atoms with Gasteiger partial charge in [-0.3, -0.25) is 4.79 Å². The number of hydrogen-bond donors (Lipinski definition) is 0. The van der Waals surface area contributed by atoms with Crippen LogP contribution in [0.25, 0.3) is 10.2 Å². The van der Waals surface area contributed by atoms with Gasteiger partial charge in [0.1, 0.15) is 11.6 Å². The lowest BCUT2D eigenvalue weighted by atomic mass is 10.2. The summed E-state index contributed by atoms with van der Waals surface area (Å²) in [6.45, 7) is 3.90. The van der Waals surface area contributed by atoms with Crippen molar-refractivity contribution in [1.82, 2.24) is 9.88 Å². The average molecular weight is 468 g/mol. The zero-order chi connectivity index (χ0) is 21.5. The highest BCUT2D eigenvalue weighted by Gasteiger charge is 2.27. The van der Waals surface area contributed by atoms with Crippen LogP contribution in [0.1, 0.15) is 5.56 Å². The van der Waals surface area contributed by atoms with E-state index in [0.717, 1.165) is 33.0 Å². The van der Waals surface area contributed by atoms with Gasteiger partial charge in [-0.1, -0.05) is 29.0 Å². The molecule has 0 N–H and O–H groups in total. The Morgan fingerprint density at radius 2 is 1.80 bits per heavy atom. The van der Waals surface area contributed by atoms with Gasteiger partial charge in [0.05, 0.1) is 20.1 Å². The first-order valence-corrected chi connectivity index (χ1v) is 12.2. The number of piperazine rings is 1. The molecule has 2 heterocycles. The van der Waals surface area contributed by atoms with Crippen LogP contribution >= 0.6 is 22.9 Å². The number of rotatable bonds is 4. The predicted molar refractivity (Wildman–Crippen MR) is 117 cm³/mol. The third-order valence-corrected chi connectivity index (χ3v) is 8.27. The second kappa shape index (κ2) is 8.13. The second-order valence-electron chi connectivity index (χ2n) is 7.12. The first kappa shape index (κ1) is 21.0. The predicted octanol–water partition coefficient (Wildman–Crippen LogP) is 3.52. The van der Waals surface area contributed by atoms with Crippen molar-refractivity contribution >= 4 is 54.0 Å². The van der Waals surface area contributed by atoms with E-state index in [1.165, 1.54) is 23.5 Å². The van der Waals surface area contributed by atoms with Crippen molar-refractivity contribution < 1.29 is 17.6 Å². The second-order valence-corrected chi connectivity index (χ2v) is 10.5. The van der Waals surface area contributed by atoms with E-state index in [4.69, 9.17) is 16.6 Å². The van der Waals surface area contributed by atoms with Gasteiger partial charge in [-0.15, -0.1) is 0 Å². The molecule has 3 aromatic rings. The summed E-state index contributed by atoms with van der Waals surface area (Å²) in [4.78, 5) is 20.8. The molecule has 0 saturated carbocycles. The van der Waals surface area contributed by atoms with Gasteiger partial charge in [0, 0.05) is 26.2 Å². The molecule has 0 unspecified atom stereocenters. The molecule has 158 valence electrons. The molecule has 1 aromatic heterocycles. The molecule has 10 heteroatoms. The minimum atomic E-state index is -3.81. The van der Waals surface area contributed by atoms with Gasteiger partial charge in [-0.05, 0) is 42.8 Å². The van der Waals surface area contributed by atoms with Crippen LogP contribution in [0.3, 0.4) is 0 Å². The number of carbonyl (C=O) groups is 1. The minimum absolute atomic E-state index is 0.0578. The van der Waals surface area contributed by atoms with Gasteiger partial charge >= 0.3 is 0 Å². The third-order valence-electron chi connectivity index (χ3n) is 5.08. The number of fused-ring (bicyclic) bond motifs is 1. The van der Waals surface area contributed by atoms with E-state index in [1.54, 1.807) is 4.90 Å². The number of benzene rings is 2. The Morgan fingerprint density at radius 1 is 1.13 bits per heavy atom. The number of aromatic nitrogens is 1. The number of aryl methyl sites for hydroxylation is 1.